The highest BCUT2D eigenvalue weighted by Gasteiger charge is 2.19. The quantitative estimate of drug-likeness (QED) is 0.735. The Bertz CT molecular complexity index is 743. The van der Waals surface area contributed by atoms with Crippen LogP contribution in [0.4, 0.5) is 17.3 Å². The van der Waals surface area contributed by atoms with E-state index >= 15 is 0 Å². The van der Waals surface area contributed by atoms with Crippen LogP contribution < -0.4 is 15.1 Å². The average Bonchev–Trinajstić information content (AvgIpc) is 2.65. The summed E-state index contributed by atoms with van der Waals surface area (Å²) in [7, 11) is 4.19. The number of hydrogen-bond donors (Lipinski definition) is 1. The minimum atomic E-state index is 0.784. The van der Waals surface area contributed by atoms with Crippen molar-refractivity contribution in [1.29, 1.82) is 0 Å². The Morgan fingerprint density at radius 1 is 1.07 bits per heavy atom. The Balaban J connectivity index is 1.58. The van der Waals surface area contributed by atoms with Crippen LogP contribution in [0.3, 0.4) is 0 Å². The number of hydrogen-bond acceptors (Lipinski definition) is 6. The fourth-order valence-electron chi connectivity index (χ4n) is 3.28. The number of nitrogens with zero attached hydrogens (tertiary/aromatic N) is 5. The van der Waals surface area contributed by atoms with E-state index in [9.17, 15) is 0 Å². The van der Waals surface area contributed by atoms with Crippen molar-refractivity contribution in [2.24, 2.45) is 0 Å². The lowest BCUT2D eigenvalue weighted by Crippen LogP contribution is -2.46. The highest BCUT2D eigenvalue weighted by atomic mass is 35.5. The Kier molecular flexibility index (Phi) is 6.74. The second kappa shape index (κ2) is 9.24. The van der Waals surface area contributed by atoms with Crippen molar-refractivity contribution in [2.75, 3.05) is 68.5 Å². The molecule has 0 atom stereocenters. The van der Waals surface area contributed by atoms with Crippen LogP contribution in [0, 0.1) is 6.92 Å². The zero-order valence-corrected chi connectivity index (χ0v) is 17.2. The molecule has 2 aromatic rings. The van der Waals surface area contributed by atoms with Crippen LogP contribution in [-0.4, -0.2) is 68.2 Å². The molecule has 1 aliphatic rings. The first-order chi connectivity index (χ1) is 13.0. The van der Waals surface area contributed by atoms with Gasteiger partial charge in [0.15, 0.2) is 0 Å². The second-order valence-corrected chi connectivity index (χ2v) is 7.63. The maximum atomic E-state index is 6.13. The van der Waals surface area contributed by atoms with Crippen molar-refractivity contribution in [3.8, 4) is 0 Å². The van der Waals surface area contributed by atoms with Crippen LogP contribution in [0.5, 0.6) is 0 Å². The summed E-state index contributed by atoms with van der Waals surface area (Å²) >= 11 is 6.13. The molecule has 1 fully saturated rings. The molecule has 0 aliphatic carbocycles. The van der Waals surface area contributed by atoms with Crippen LogP contribution in [0.2, 0.25) is 5.02 Å². The van der Waals surface area contributed by atoms with E-state index in [2.05, 4.69) is 56.2 Å². The largest absolute Gasteiger partial charge is 0.370 e. The lowest BCUT2D eigenvalue weighted by atomic mass is 10.2. The molecule has 2 heterocycles. The maximum absolute atomic E-state index is 6.13. The van der Waals surface area contributed by atoms with E-state index in [1.54, 1.807) is 0 Å². The van der Waals surface area contributed by atoms with Crippen molar-refractivity contribution >= 4 is 28.9 Å². The van der Waals surface area contributed by atoms with Gasteiger partial charge in [0.25, 0.3) is 0 Å². The fourth-order valence-corrected chi connectivity index (χ4v) is 3.47. The van der Waals surface area contributed by atoms with E-state index < -0.39 is 0 Å². The smallest absolute Gasteiger partial charge is 0.134 e. The summed E-state index contributed by atoms with van der Waals surface area (Å²) in [5, 5.41) is 4.22. The highest BCUT2D eigenvalue weighted by molar-refractivity contribution is 6.30. The number of halogens is 1. The van der Waals surface area contributed by atoms with Gasteiger partial charge in [0, 0.05) is 49.5 Å². The number of benzene rings is 1. The standard InChI is InChI=1S/C20H29ClN6/c1-16-23-19(22-8-5-9-25(2)3)15-20(24-16)27-12-10-26(11-13-27)18-7-4-6-17(21)14-18/h4,6-7,14-15H,5,8-13H2,1-3H3,(H,22,23,24). The summed E-state index contributed by atoms with van der Waals surface area (Å²) in [6.07, 6.45) is 1.09. The van der Waals surface area contributed by atoms with Gasteiger partial charge in [-0.2, -0.15) is 0 Å². The number of nitrogens with one attached hydrogen (secondary N) is 1. The SMILES string of the molecule is Cc1nc(NCCCN(C)C)cc(N2CCN(c3cccc(Cl)c3)CC2)n1. The van der Waals surface area contributed by atoms with Crippen molar-refractivity contribution in [1.82, 2.24) is 14.9 Å². The highest BCUT2D eigenvalue weighted by Crippen LogP contribution is 2.23. The van der Waals surface area contributed by atoms with E-state index in [-0.39, 0.29) is 0 Å². The Morgan fingerprint density at radius 3 is 2.52 bits per heavy atom. The fraction of sp³-hybridized carbons (Fsp3) is 0.500. The summed E-state index contributed by atoms with van der Waals surface area (Å²) < 4.78 is 0. The van der Waals surface area contributed by atoms with Crippen LogP contribution in [-0.2, 0) is 0 Å². The van der Waals surface area contributed by atoms with Gasteiger partial charge < -0.3 is 20.0 Å². The predicted molar refractivity (Wildman–Crippen MR) is 114 cm³/mol. The molecule has 27 heavy (non-hydrogen) atoms. The Morgan fingerprint density at radius 2 is 1.81 bits per heavy atom. The normalized spacial score (nSPS) is 14.7. The van der Waals surface area contributed by atoms with E-state index in [4.69, 9.17) is 11.6 Å². The molecule has 1 N–H and O–H groups in total. The summed E-state index contributed by atoms with van der Waals surface area (Å²) in [6, 6.07) is 10.1. The Hall–Kier alpha value is -2.05. The summed E-state index contributed by atoms with van der Waals surface area (Å²) in [6.45, 7) is 7.71. The molecule has 146 valence electrons. The molecule has 0 unspecified atom stereocenters. The van der Waals surface area contributed by atoms with Gasteiger partial charge in [-0.3, -0.25) is 0 Å². The van der Waals surface area contributed by atoms with Gasteiger partial charge in [0.1, 0.15) is 17.5 Å². The zero-order valence-electron chi connectivity index (χ0n) is 16.5. The third-order valence-corrected chi connectivity index (χ3v) is 4.92. The molecule has 7 heteroatoms. The predicted octanol–water partition coefficient (Wildman–Crippen LogP) is 3.13. The molecule has 0 saturated carbocycles. The first kappa shape index (κ1) is 19.7. The van der Waals surface area contributed by atoms with Crippen LogP contribution in [0.15, 0.2) is 30.3 Å². The summed E-state index contributed by atoms with van der Waals surface area (Å²) in [4.78, 5) is 16.1. The molecule has 0 radical (unpaired) electrons. The van der Waals surface area contributed by atoms with E-state index in [1.807, 2.05) is 25.1 Å². The number of piperazine rings is 1. The van der Waals surface area contributed by atoms with Gasteiger partial charge >= 0.3 is 0 Å². The molecule has 1 aromatic heterocycles. The molecule has 1 saturated heterocycles. The van der Waals surface area contributed by atoms with E-state index in [0.29, 0.717) is 0 Å². The topological polar surface area (TPSA) is 47.5 Å². The van der Waals surface area contributed by atoms with Crippen molar-refractivity contribution < 1.29 is 0 Å². The third-order valence-electron chi connectivity index (χ3n) is 4.69. The maximum Gasteiger partial charge on any atom is 0.134 e. The van der Waals surface area contributed by atoms with Crippen molar-refractivity contribution in [3.05, 3.63) is 41.2 Å². The number of aryl methyl sites for hydroxylation is 1. The minimum Gasteiger partial charge on any atom is -0.370 e. The molecule has 0 spiro atoms. The monoisotopic (exact) mass is 388 g/mol. The average molecular weight is 389 g/mol. The van der Waals surface area contributed by atoms with Gasteiger partial charge in [0.2, 0.25) is 0 Å². The number of rotatable bonds is 7. The molecular weight excluding hydrogens is 360 g/mol. The number of aromatic nitrogens is 2. The van der Waals surface area contributed by atoms with Gasteiger partial charge in [-0.25, -0.2) is 9.97 Å². The van der Waals surface area contributed by atoms with Gasteiger partial charge in [-0.05, 0) is 52.2 Å². The summed E-state index contributed by atoms with van der Waals surface area (Å²) in [5.74, 6) is 2.72. The number of anilines is 3. The second-order valence-electron chi connectivity index (χ2n) is 7.20. The summed E-state index contributed by atoms with van der Waals surface area (Å²) in [5.41, 5.74) is 1.18. The molecule has 0 bridgehead atoms. The molecular formula is C20H29ClN6. The van der Waals surface area contributed by atoms with Gasteiger partial charge in [-0.1, -0.05) is 17.7 Å². The van der Waals surface area contributed by atoms with Gasteiger partial charge in [-0.15, -0.1) is 0 Å². The van der Waals surface area contributed by atoms with Crippen LogP contribution in [0.1, 0.15) is 12.2 Å². The molecule has 1 aliphatic heterocycles. The zero-order chi connectivity index (χ0) is 19.2. The first-order valence-corrected chi connectivity index (χ1v) is 9.89. The van der Waals surface area contributed by atoms with Gasteiger partial charge in [0.05, 0.1) is 0 Å². The van der Waals surface area contributed by atoms with Crippen LogP contribution in [0.25, 0.3) is 0 Å². The van der Waals surface area contributed by atoms with E-state index in [0.717, 1.165) is 68.2 Å². The molecule has 1 aromatic carbocycles. The third kappa shape index (κ3) is 5.71. The van der Waals surface area contributed by atoms with Crippen LogP contribution >= 0.6 is 11.6 Å². The molecule has 6 nitrogen and oxygen atoms in total. The molecule has 3 rings (SSSR count). The van der Waals surface area contributed by atoms with Crippen molar-refractivity contribution in [2.45, 2.75) is 13.3 Å². The minimum absolute atomic E-state index is 0.784. The first-order valence-electron chi connectivity index (χ1n) is 9.51. The molecule has 0 amide bonds. The lowest BCUT2D eigenvalue weighted by Gasteiger charge is -2.37. The van der Waals surface area contributed by atoms with Crippen molar-refractivity contribution in [3.63, 3.8) is 0 Å². The Labute approximate surface area is 167 Å². The lowest BCUT2D eigenvalue weighted by molar-refractivity contribution is 0.405. The van der Waals surface area contributed by atoms with E-state index in [1.165, 1.54) is 5.69 Å².